The van der Waals surface area contributed by atoms with Gasteiger partial charge in [-0.3, -0.25) is 9.36 Å². The predicted molar refractivity (Wildman–Crippen MR) is 139 cm³/mol. The van der Waals surface area contributed by atoms with E-state index in [9.17, 15) is 29.3 Å². The molecule has 0 aliphatic rings. The highest BCUT2D eigenvalue weighted by Gasteiger charge is 2.23. The Morgan fingerprint density at radius 1 is 1.03 bits per heavy atom. The zero-order chi connectivity index (χ0) is 25.8. The first-order valence-corrected chi connectivity index (χ1v) is 14.2. The minimum absolute atomic E-state index is 0.0122. The van der Waals surface area contributed by atoms with Gasteiger partial charge < -0.3 is 25.2 Å². The lowest BCUT2D eigenvalue weighted by Crippen LogP contribution is -2.42. The van der Waals surface area contributed by atoms with E-state index >= 15 is 0 Å². The SMILES string of the molecule is CP(=O)(O)Cc1cc(Br)c(Oc2ccc(O)c(C(=O)NC(Cc3ccccc3)C(=O)O)c2)c(Br)c1. The van der Waals surface area contributed by atoms with Crippen molar-refractivity contribution in [1.82, 2.24) is 5.32 Å². The molecule has 2 unspecified atom stereocenters. The van der Waals surface area contributed by atoms with Crippen LogP contribution in [0.3, 0.4) is 0 Å². The molecule has 3 aromatic rings. The smallest absolute Gasteiger partial charge is 0.326 e. The van der Waals surface area contributed by atoms with Crippen molar-refractivity contribution in [2.75, 3.05) is 6.66 Å². The van der Waals surface area contributed by atoms with E-state index < -0.39 is 25.3 Å². The van der Waals surface area contributed by atoms with Crippen LogP contribution in [0.25, 0.3) is 0 Å². The van der Waals surface area contributed by atoms with Crippen LogP contribution in [-0.4, -0.2) is 39.7 Å². The van der Waals surface area contributed by atoms with Crippen molar-refractivity contribution < 1.29 is 34.0 Å². The van der Waals surface area contributed by atoms with Crippen LogP contribution in [0.4, 0.5) is 0 Å². The molecule has 11 heteroatoms. The third-order valence-corrected chi connectivity index (χ3v) is 6.98. The summed E-state index contributed by atoms with van der Waals surface area (Å²) in [5, 5.41) is 22.2. The maximum absolute atomic E-state index is 12.8. The van der Waals surface area contributed by atoms with E-state index in [4.69, 9.17) is 4.74 Å². The van der Waals surface area contributed by atoms with E-state index in [1.165, 1.54) is 24.9 Å². The summed E-state index contributed by atoms with van der Waals surface area (Å²) < 4.78 is 18.6. The topological polar surface area (TPSA) is 133 Å². The summed E-state index contributed by atoms with van der Waals surface area (Å²) in [6.45, 7) is 1.27. The lowest BCUT2D eigenvalue weighted by Gasteiger charge is -2.16. The van der Waals surface area contributed by atoms with Crippen molar-refractivity contribution in [2.45, 2.75) is 18.6 Å². The van der Waals surface area contributed by atoms with Crippen LogP contribution in [0.5, 0.6) is 17.2 Å². The second-order valence-corrected chi connectivity index (χ2v) is 12.1. The van der Waals surface area contributed by atoms with Gasteiger partial charge in [-0.25, -0.2) is 4.79 Å². The van der Waals surface area contributed by atoms with Gasteiger partial charge in [0.25, 0.3) is 5.91 Å². The number of halogens is 2. The molecule has 3 aromatic carbocycles. The number of hydrogen-bond acceptors (Lipinski definition) is 5. The molecule has 4 N–H and O–H groups in total. The second kappa shape index (κ2) is 11.4. The third-order valence-electron chi connectivity index (χ3n) is 4.85. The molecular weight excluding hydrogens is 605 g/mol. The Kier molecular flexibility index (Phi) is 8.77. The largest absolute Gasteiger partial charge is 0.507 e. The summed E-state index contributed by atoms with van der Waals surface area (Å²) in [5.74, 6) is -1.76. The Bertz CT molecular complexity index is 1270. The molecule has 8 nitrogen and oxygen atoms in total. The number of amides is 1. The highest BCUT2D eigenvalue weighted by Crippen LogP contribution is 2.44. The number of phenols is 1. The first kappa shape index (κ1) is 26.9. The van der Waals surface area contributed by atoms with Gasteiger partial charge in [0.05, 0.1) is 14.5 Å². The monoisotopic (exact) mass is 625 g/mol. The molecule has 0 bridgehead atoms. The second-order valence-electron chi connectivity index (χ2n) is 7.93. The van der Waals surface area contributed by atoms with E-state index in [0.717, 1.165) is 5.56 Å². The van der Waals surface area contributed by atoms with E-state index in [1.54, 1.807) is 42.5 Å². The fourth-order valence-electron chi connectivity index (χ4n) is 3.30. The molecule has 1 amide bonds. The molecule has 35 heavy (non-hydrogen) atoms. The maximum atomic E-state index is 12.8. The average Bonchev–Trinajstić information content (AvgIpc) is 2.76. The van der Waals surface area contributed by atoms with E-state index in [2.05, 4.69) is 37.2 Å². The molecule has 0 saturated heterocycles. The number of carbonyl (C=O) groups excluding carboxylic acids is 1. The quantitative estimate of drug-likeness (QED) is 0.229. The number of carboxylic acids is 1. The summed E-state index contributed by atoms with van der Waals surface area (Å²) in [5.41, 5.74) is 1.20. The molecule has 0 saturated carbocycles. The summed E-state index contributed by atoms with van der Waals surface area (Å²) in [4.78, 5) is 34.2. The van der Waals surface area contributed by atoms with E-state index in [0.29, 0.717) is 20.3 Å². The molecule has 0 aliphatic heterocycles. The van der Waals surface area contributed by atoms with Crippen LogP contribution in [0, 0.1) is 0 Å². The number of hydrogen-bond donors (Lipinski definition) is 4. The van der Waals surface area contributed by atoms with Crippen molar-refractivity contribution in [2.24, 2.45) is 0 Å². The standard InChI is InChI=1S/C24H22Br2NO7P/c1-35(32,33)13-15-9-18(25)22(19(26)10-15)34-16-7-8-21(28)17(12-16)23(29)27-20(24(30)31)11-14-5-3-2-4-6-14/h2-10,12,20,28H,11,13H2,1H3,(H,27,29)(H,30,31)(H,32,33). The molecular formula is C24H22Br2NO7P. The van der Waals surface area contributed by atoms with Crippen molar-refractivity contribution in [3.63, 3.8) is 0 Å². The average molecular weight is 627 g/mol. The number of carbonyl (C=O) groups is 2. The first-order valence-electron chi connectivity index (χ1n) is 10.3. The van der Waals surface area contributed by atoms with Crippen LogP contribution < -0.4 is 10.1 Å². The fraction of sp³-hybridized carbons (Fsp3) is 0.167. The van der Waals surface area contributed by atoms with Gasteiger partial charge in [0.1, 0.15) is 17.5 Å². The fourth-order valence-corrected chi connectivity index (χ4v) is 5.61. The summed E-state index contributed by atoms with van der Waals surface area (Å²) in [6, 6.07) is 15.0. The van der Waals surface area contributed by atoms with Crippen LogP contribution >= 0.6 is 39.2 Å². The normalized spacial score (nSPS) is 13.5. The van der Waals surface area contributed by atoms with Crippen molar-refractivity contribution in [3.8, 4) is 17.2 Å². The summed E-state index contributed by atoms with van der Waals surface area (Å²) >= 11 is 6.77. The van der Waals surface area contributed by atoms with Gasteiger partial charge in [0.2, 0.25) is 7.37 Å². The molecule has 0 radical (unpaired) electrons. The Morgan fingerprint density at radius 3 is 2.23 bits per heavy atom. The molecule has 0 aliphatic carbocycles. The van der Waals surface area contributed by atoms with Crippen molar-refractivity contribution in [1.29, 1.82) is 0 Å². The van der Waals surface area contributed by atoms with Gasteiger partial charge in [-0.15, -0.1) is 0 Å². The summed E-state index contributed by atoms with van der Waals surface area (Å²) in [6.07, 6.45) is 0.0609. The third kappa shape index (κ3) is 7.67. The number of aromatic hydroxyl groups is 1. The maximum Gasteiger partial charge on any atom is 0.326 e. The Labute approximate surface area is 218 Å². The molecule has 184 valence electrons. The molecule has 2 atom stereocenters. The minimum atomic E-state index is -3.27. The molecule has 0 fully saturated rings. The van der Waals surface area contributed by atoms with Gasteiger partial charge in [0.15, 0.2) is 5.75 Å². The number of ether oxygens (including phenoxy) is 1. The predicted octanol–water partition coefficient (Wildman–Crippen LogP) is 5.54. The van der Waals surface area contributed by atoms with Gasteiger partial charge >= 0.3 is 5.97 Å². The Hall–Kier alpha value is -2.65. The Morgan fingerprint density at radius 2 is 1.66 bits per heavy atom. The number of aliphatic carboxylic acids is 1. The highest BCUT2D eigenvalue weighted by molar-refractivity contribution is 9.11. The van der Waals surface area contributed by atoms with Gasteiger partial charge in [-0.1, -0.05) is 30.3 Å². The Balaban J connectivity index is 1.81. The zero-order valence-corrected chi connectivity index (χ0v) is 22.5. The van der Waals surface area contributed by atoms with Crippen LogP contribution in [0.15, 0.2) is 69.6 Å². The van der Waals surface area contributed by atoms with Crippen LogP contribution in [0.2, 0.25) is 0 Å². The lowest BCUT2D eigenvalue weighted by molar-refractivity contribution is -0.139. The van der Waals surface area contributed by atoms with Gasteiger partial charge in [-0.2, -0.15) is 0 Å². The molecule has 3 rings (SSSR count). The van der Waals surface area contributed by atoms with Crippen molar-refractivity contribution >= 4 is 51.1 Å². The molecule has 0 spiro atoms. The number of benzene rings is 3. The van der Waals surface area contributed by atoms with Crippen molar-refractivity contribution in [3.05, 3.63) is 86.3 Å². The van der Waals surface area contributed by atoms with Crippen LogP contribution in [-0.2, 0) is 21.9 Å². The van der Waals surface area contributed by atoms with E-state index in [1.807, 2.05) is 0 Å². The van der Waals surface area contributed by atoms with E-state index in [-0.39, 0.29) is 29.6 Å². The van der Waals surface area contributed by atoms with Gasteiger partial charge in [-0.05, 0) is 73.3 Å². The number of phenolic OH excluding ortho intramolecular Hbond substituents is 1. The van der Waals surface area contributed by atoms with Gasteiger partial charge in [0, 0.05) is 19.2 Å². The highest BCUT2D eigenvalue weighted by atomic mass is 79.9. The molecule has 0 aromatic heterocycles. The first-order chi connectivity index (χ1) is 16.4. The summed E-state index contributed by atoms with van der Waals surface area (Å²) in [7, 11) is -3.27. The molecule has 0 heterocycles. The zero-order valence-electron chi connectivity index (χ0n) is 18.4. The minimum Gasteiger partial charge on any atom is -0.507 e. The number of carboxylic acid groups (broad SMARTS) is 1. The number of nitrogens with one attached hydrogen (secondary N) is 1. The van der Waals surface area contributed by atoms with Crippen LogP contribution in [0.1, 0.15) is 21.5 Å². The lowest BCUT2D eigenvalue weighted by atomic mass is 10.1. The number of rotatable bonds is 9.